The van der Waals surface area contributed by atoms with Crippen LogP contribution in [0.2, 0.25) is 0 Å². The van der Waals surface area contributed by atoms with Crippen LogP contribution in [0.5, 0.6) is 0 Å². The number of hydrogen-bond donors (Lipinski definition) is 1. The molecule has 0 fully saturated rings. The first-order chi connectivity index (χ1) is 11.7. The van der Waals surface area contributed by atoms with Crippen molar-refractivity contribution in [2.45, 2.75) is 27.2 Å². The van der Waals surface area contributed by atoms with Crippen LogP contribution in [-0.2, 0) is 21.2 Å². The summed E-state index contributed by atoms with van der Waals surface area (Å²) in [5.41, 5.74) is 4.05. The zero-order valence-corrected chi connectivity index (χ0v) is 15.9. The number of aryl methyl sites for hydroxylation is 3. The number of hydrogen-bond acceptors (Lipinski definition) is 3. The number of carbonyl (C=O) groups is 1. The van der Waals surface area contributed by atoms with Crippen LogP contribution < -0.4 is 9.62 Å². The molecule has 0 aliphatic heterocycles. The maximum Gasteiger partial charge on any atom is 0.245 e. The molecule has 0 aromatic heterocycles. The van der Waals surface area contributed by atoms with E-state index in [-0.39, 0.29) is 12.5 Å². The Balaban J connectivity index is 2.29. The Morgan fingerprint density at radius 2 is 1.68 bits per heavy atom. The molecule has 1 N–H and O–H groups in total. The van der Waals surface area contributed by atoms with E-state index < -0.39 is 10.0 Å². The quantitative estimate of drug-likeness (QED) is 0.860. The topological polar surface area (TPSA) is 66.5 Å². The SMILES string of the molecule is CCc1cccc(C)c1NC(=O)CN(c1ccccc1C)S(C)(=O)=O. The van der Waals surface area contributed by atoms with Crippen molar-refractivity contribution in [3.8, 4) is 0 Å². The summed E-state index contributed by atoms with van der Waals surface area (Å²) in [5.74, 6) is -0.363. The Morgan fingerprint density at radius 3 is 2.28 bits per heavy atom. The van der Waals surface area contributed by atoms with Gasteiger partial charge in [-0.3, -0.25) is 9.10 Å². The Labute approximate surface area is 149 Å². The first-order valence-corrected chi connectivity index (χ1v) is 10.0. The molecule has 25 heavy (non-hydrogen) atoms. The van der Waals surface area contributed by atoms with Crippen LogP contribution in [0.15, 0.2) is 42.5 Å². The van der Waals surface area contributed by atoms with Crippen LogP contribution in [0.3, 0.4) is 0 Å². The van der Waals surface area contributed by atoms with E-state index in [1.807, 2.05) is 51.1 Å². The van der Waals surface area contributed by atoms with Gasteiger partial charge >= 0.3 is 0 Å². The number of para-hydroxylation sites is 2. The van der Waals surface area contributed by atoms with Crippen molar-refractivity contribution in [2.24, 2.45) is 0 Å². The molecule has 0 unspecified atom stereocenters. The largest absolute Gasteiger partial charge is 0.324 e. The average Bonchev–Trinajstić information content (AvgIpc) is 2.54. The summed E-state index contributed by atoms with van der Waals surface area (Å²) in [7, 11) is -3.58. The normalized spacial score (nSPS) is 11.2. The monoisotopic (exact) mass is 360 g/mol. The predicted octanol–water partition coefficient (Wildman–Crippen LogP) is 3.27. The average molecular weight is 360 g/mol. The molecular weight excluding hydrogens is 336 g/mol. The van der Waals surface area contributed by atoms with Crippen molar-refractivity contribution in [2.75, 3.05) is 22.4 Å². The minimum absolute atomic E-state index is 0.263. The lowest BCUT2D eigenvalue weighted by Crippen LogP contribution is -2.38. The lowest BCUT2D eigenvalue weighted by Gasteiger charge is -2.24. The summed E-state index contributed by atoms with van der Waals surface area (Å²) < 4.78 is 25.6. The molecule has 0 aliphatic rings. The highest BCUT2D eigenvalue weighted by molar-refractivity contribution is 7.92. The van der Waals surface area contributed by atoms with Crippen molar-refractivity contribution in [1.29, 1.82) is 0 Å². The highest BCUT2D eigenvalue weighted by Gasteiger charge is 2.22. The van der Waals surface area contributed by atoms with Gasteiger partial charge in [-0.05, 0) is 43.0 Å². The summed E-state index contributed by atoms with van der Waals surface area (Å²) in [5, 5.41) is 2.88. The van der Waals surface area contributed by atoms with Gasteiger partial charge in [0, 0.05) is 5.69 Å². The fraction of sp³-hybridized carbons (Fsp3) is 0.316. The Kier molecular flexibility index (Phi) is 5.85. The summed E-state index contributed by atoms with van der Waals surface area (Å²) in [6.07, 6.45) is 1.89. The van der Waals surface area contributed by atoms with Crippen LogP contribution in [-0.4, -0.2) is 27.1 Å². The first-order valence-electron chi connectivity index (χ1n) is 8.15. The molecule has 6 heteroatoms. The minimum Gasteiger partial charge on any atom is -0.324 e. The second kappa shape index (κ2) is 7.70. The number of amides is 1. The molecule has 5 nitrogen and oxygen atoms in total. The number of benzene rings is 2. The van der Waals surface area contributed by atoms with Crippen LogP contribution in [0, 0.1) is 13.8 Å². The highest BCUT2D eigenvalue weighted by atomic mass is 32.2. The Hall–Kier alpha value is -2.34. The maximum atomic E-state index is 12.6. The van der Waals surface area contributed by atoms with Gasteiger partial charge in [-0.1, -0.05) is 43.3 Å². The zero-order valence-electron chi connectivity index (χ0n) is 15.0. The third-order valence-corrected chi connectivity index (χ3v) is 5.20. The van der Waals surface area contributed by atoms with Crippen LogP contribution in [0.25, 0.3) is 0 Å². The molecule has 0 heterocycles. The van der Waals surface area contributed by atoms with E-state index in [2.05, 4.69) is 5.32 Å². The lowest BCUT2D eigenvalue weighted by atomic mass is 10.1. The third-order valence-electron chi connectivity index (χ3n) is 4.08. The zero-order chi connectivity index (χ0) is 18.6. The molecule has 0 aliphatic carbocycles. The molecule has 0 radical (unpaired) electrons. The molecular formula is C19H24N2O3S. The standard InChI is InChI=1S/C19H24N2O3S/c1-5-16-11-8-10-15(3)19(16)20-18(22)13-21(25(4,23)24)17-12-7-6-9-14(17)2/h6-12H,5,13H2,1-4H3,(H,20,22). The number of nitrogens with one attached hydrogen (secondary N) is 1. The van der Waals surface area contributed by atoms with Gasteiger partial charge in [-0.15, -0.1) is 0 Å². The lowest BCUT2D eigenvalue weighted by molar-refractivity contribution is -0.114. The smallest absolute Gasteiger partial charge is 0.245 e. The van der Waals surface area contributed by atoms with Crippen LogP contribution in [0.1, 0.15) is 23.6 Å². The molecule has 0 atom stereocenters. The molecule has 0 saturated carbocycles. The fourth-order valence-corrected chi connectivity index (χ4v) is 3.65. The summed E-state index contributed by atoms with van der Waals surface area (Å²) in [6.45, 7) is 5.49. The van der Waals surface area contributed by atoms with Gasteiger partial charge in [0.25, 0.3) is 0 Å². The van der Waals surface area contributed by atoms with Crippen LogP contribution in [0.4, 0.5) is 11.4 Å². The van der Waals surface area contributed by atoms with Crippen molar-refractivity contribution in [1.82, 2.24) is 0 Å². The minimum atomic E-state index is -3.58. The molecule has 0 bridgehead atoms. The van der Waals surface area contributed by atoms with E-state index in [0.29, 0.717) is 5.69 Å². The molecule has 1 amide bonds. The van der Waals surface area contributed by atoms with Gasteiger partial charge in [0.05, 0.1) is 11.9 Å². The van der Waals surface area contributed by atoms with Crippen molar-refractivity contribution in [3.05, 3.63) is 59.2 Å². The van der Waals surface area contributed by atoms with Crippen molar-refractivity contribution >= 4 is 27.3 Å². The van der Waals surface area contributed by atoms with Gasteiger partial charge < -0.3 is 5.32 Å². The summed E-state index contributed by atoms with van der Waals surface area (Å²) in [4.78, 5) is 12.6. The number of rotatable bonds is 6. The molecule has 0 spiro atoms. The van der Waals surface area contributed by atoms with Gasteiger partial charge in [0.1, 0.15) is 6.54 Å². The second-order valence-electron chi connectivity index (χ2n) is 6.07. The highest BCUT2D eigenvalue weighted by Crippen LogP contribution is 2.24. The molecule has 0 saturated heterocycles. The molecule has 2 aromatic carbocycles. The van der Waals surface area contributed by atoms with Gasteiger partial charge in [-0.2, -0.15) is 0 Å². The van der Waals surface area contributed by atoms with Crippen molar-refractivity contribution < 1.29 is 13.2 Å². The number of anilines is 2. The maximum absolute atomic E-state index is 12.6. The molecule has 134 valence electrons. The van der Waals surface area contributed by atoms with E-state index in [0.717, 1.165) is 39.4 Å². The van der Waals surface area contributed by atoms with E-state index in [1.165, 1.54) is 0 Å². The Bertz CT molecular complexity index is 876. The number of sulfonamides is 1. The first kappa shape index (κ1) is 19.0. The van der Waals surface area contributed by atoms with E-state index in [9.17, 15) is 13.2 Å². The summed E-state index contributed by atoms with van der Waals surface area (Å²) in [6, 6.07) is 12.9. The summed E-state index contributed by atoms with van der Waals surface area (Å²) >= 11 is 0. The number of nitrogens with zero attached hydrogens (tertiary/aromatic N) is 1. The predicted molar refractivity (Wildman–Crippen MR) is 103 cm³/mol. The Morgan fingerprint density at radius 1 is 1.04 bits per heavy atom. The van der Waals surface area contributed by atoms with Gasteiger partial charge in [-0.25, -0.2) is 8.42 Å². The van der Waals surface area contributed by atoms with Crippen molar-refractivity contribution in [3.63, 3.8) is 0 Å². The van der Waals surface area contributed by atoms with Crippen LogP contribution >= 0.6 is 0 Å². The van der Waals surface area contributed by atoms with Gasteiger partial charge in [0.15, 0.2) is 0 Å². The third kappa shape index (κ3) is 4.60. The van der Waals surface area contributed by atoms with E-state index >= 15 is 0 Å². The van der Waals surface area contributed by atoms with Gasteiger partial charge in [0.2, 0.25) is 15.9 Å². The fourth-order valence-electron chi connectivity index (χ4n) is 2.74. The number of carbonyl (C=O) groups excluding carboxylic acids is 1. The molecule has 2 aromatic rings. The van der Waals surface area contributed by atoms with E-state index in [1.54, 1.807) is 12.1 Å². The molecule has 2 rings (SSSR count). The second-order valence-corrected chi connectivity index (χ2v) is 7.97. The van der Waals surface area contributed by atoms with E-state index in [4.69, 9.17) is 0 Å².